The van der Waals surface area contributed by atoms with Crippen LogP contribution in [0.3, 0.4) is 0 Å². The van der Waals surface area contributed by atoms with Crippen LogP contribution in [0.4, 0.5) is 0 Å². The molecule has 3 aliphatic carbocycles. The first-order chi connectivity index (χ1) is 15.3. The van der Waals surface area contributed by atoms with Crippen LogP contribution in [0.1, 0.15) is 72.5 Å². The Morgan fingerprint density at radius 2 is 1.50 bits per heavy atom. The summed E-state index contributed by atoms with van der Waals surface area (Å²) in [5.41, 5.74) is 15.7. The molecule has 2 atom stereocenters. The van der Waals surface area contributed by atoms with Gasteiger partial charge in [-0.1, -0.05) is 0 Å². The van der Waals surface area contributed by atoms with Gasteiger partial charge in [0, 0.05) is 0 Å². The number of rotatable bonds is 3. The summed E-state index contributed by atoms with van der Waals surface area (Å²) in [5.74, 6) is 0.663. The zero-order chi connectivity index (χ0) is 22.7. The molecular weight excluding hydrogens is 480 g/mol. The van der Waals surface area contributed by atoms with Gasteiger partial charge in [-0.2, -0.15) is 0 Å². The van der Waals surface area contributed by atoms with Crippen molar-refractivity contribution in [2.75, 3.05) is 0 Å². The van der Waals surface area contributed by atoms with E-state index in [4.69, 9.17) is 0 Å². The first-order valence-electron chi connectivity index (χ1n) is 12.3. The Bertz CT molecular complexity index is 1250. The van der Waals surface area contributed by atoms with E-state index in [0.29, 0.717) is 9.54 Å². The van der Waals surface area contributed by atoms with E-state index in [2.05, 4.69) is 90.2 Å². The maximum atomic E-state index is 2.68. The van der Waals surface area contributed by atoms with Crippen LogP contribution in [-0.2, 0) is 33.2 Å². The molecule has 0 fully saturated rings. The summed E-state index contributed by atoms with van der Waals surface area (Å²) < 4.78 is 2.65. The summed E-state index contributed by atoms with van der Waals surface area (Å²) in [6.45, 7) is 17.5. The van der Waals surface area contributed by atoms with Gasteiger partial charge in [0.25, 0.3) is 0 Å². The van der Waals surface area contributed by atoms with Gasteiger partial charge < -0.3 is 0 Å². The van der Waals surface area contributed by atoms with Crippen LogP contribution < -0.4 is 0 Å². The molecule has 0 bridgehead atoms. The molecule has 0 aliphatic heterocycles. The van der Waals surface area contributed by atoms with Crippen LogP contribution >= 0.6 is 0 Å². The molecule has 32 heavy (non-hydrogen) atoms. The zero-order valence-electron chi connectivity index (χ0n) is 20.8. The Morgan fingerprint density at radius 1 is 0.844 bits per heavy atom. The van der Waals surface area contributed by atoms with E-state index in [1.807, 2.05) is 3.28 Å². The van der Waals surface area contributed by atoms with Gasteiger partial charge in [0.05, 0.1) is 0 Å². The van der Waals surface area contributed by atoms with Crippen molar-refractivity contribution in [2.45, 2.75) is 70.6 Å². The van der Waals surface area contributed by atoms with Crippen molar-refractivity contribution >= 4 is 11.0 Å². The third kappa shape index (κ3) is 3.40. The quantitative estimate of drug-likeness (QED) is 0.362. The van der Waals surface area contributed by atoms with Crippen molar-refractivity contribution in [1.29, 1.82) is 0 Å². The summed E-state index contributed by atoms with van der Waals surface area (Å²) in [4.78, 5) is 0. The van der Waals surface area contributed by atoms with Gasteiger partial charge in [0.2, 0.25) is 0 Å². The number of hydrogen-bond acceptors (Lipinski definition) is 0. The van der Waals surface area contributed by atoms with Gasteiger partial charge in [-0.3, -0.25) is 0 Å². The number of allylic oxidation sites excluding steroid dienone is 5. The van der Waals surface area contributed by atoms with E-state index >= 15 is 0 Å². The van der Waals surface area contributed by atoms with Gasteiger partial charge in [-0.05, 0) is 0 Å². The topological polar surface area (TPSA) is 0 Å². The second-order valence-electron chi connectivity index (χ2n) is 10.4. The van der Waals surface area contributed by atoms with Gasteiger partial charge in [0.15, 0.2) is 0 Å². The van der Waals surface area contributed by atoms with Gasteiger partial charge in [-0.15, -0.1) is 0 Å². The Kier molecular flexibility index (Phi) is 6.00. The average molecular weight is 516 g/mol. The van der Waals surface area contributed by atoms with Crippen LogP contribution in [0.5, 0.6) is 0 Å². The van der Waals surface area contributed by atoms with E-state index < -0.39 is 20.4 Å². The van der Waals surface area contributed by atoms with E-state index in [-0.39, 0.29) is 5.43 Å². The van der Waals surface area contributed by atoms with Crippen molar-refractivity contribution in [3.63, 3.8) is 0 Å². The molecular formula is C30H36SiZr. The van der Waals surface area contributed by atoms with Crippen molar-refractivity contribution < 1.29 is 20.4 Å². The molecule has 3 aliphatic rings. The molecule has 0 saturated heterocycles. The van der Waals surface area contributed by atoms with Crippen molar-refractivity contribution in [3.8, 4) is 0 Å². The van der Waals surface area contributed by atoms with Crippen LogP contribution in [0.2, 0.25) is 13.1 Å². The molecule has 2 unspecified atom stereocenters. The summed E-state index contributed by atoms with van der Waals surface area (Å²) in [6.07, 6.45) is 3.87. The van der Waals surface area contributed by atoms with E-state index in [1.54, 1.807) is 50.1 Å². The molecule has 2 heteroatoms. The molecule has 0 nitrogen and oxygen atoms in total. The van der Waals surface area contributed by atoms with Crippen LogP contribution in [0, 0.1) is 5.92 Å². The van der Waals surface area contributed by atoms with Crippen LogP contribution in [0.25, 0.3) is 5.57 Å². The van der Waals surface area contributed by atoms with Crippen molar-refractivity contribution in [3.05, 3.63) is 95.9 Å². The number of benzene rings is 2. The van der Waals surface area contributed by atoms with Gasteiger partial charge in [0.1, 0.15) is 0 Å². The SMILES string of the molecule is CC1=C(C)C(C)[C]([Zr]([CH]2C(C)=C(c3ccccc3)c3cc4c(cc32)CCC4)=[Si](C)C)=C1C. The maximum absolute atomic E-state index is 2.68. The Hall–Kier alpha value is -1.24. The molecule has 0 amide bonds. The minimum absolute atomic E-state index is 0.365. The fraction of sp³-hybridized carbons (Fsp3) is 0.400. The van der Waals surface area contributed by atoms with Crippen molar-refractivity contribution in [2.24, 2.45) is 5.92 Å². The van der Waals surface area contributed by atoms with Crippen LogP contribution in [0.15, 0.2) is 68.0 Å². The van der Waals surface area contributed by atoms with Gasteiger partial charge in [-0.25, -0.2) is 0 Å². The normalized spacial score (nSPS) is 22.1. The number of aryl methyl sites for hydroxylation is 2. The summed E-state index contributed by atoms with van der Waals surface area (Å²) >= 11 is -1.98. The summed E-state index contributed by atoms with van der Waals surface area (Å²) in [6, 6.07) is 16.5. The van der Waals surface area contributed by atoms with E-state index in [0.717, 1.165) is 0 Å². The Labute approximate surface area is 202 Å². The predicted octanol–water partition coefficient (Wildman–Crippen LogP) is 8.18. The number of hydrogen-bond donors (Lipinski definition) is 0. The molecule has 0 radical (unpaired) electrons. The van der Waals surface area contributed by atoms with Crippen molar-refractivity contribution in [1.82, 2.24) is 0 Å². The Morgan fingerprint density at radius 3 is 2.09 bits per heavy atom. The third-order valence-electron chi connectivity index (χ3n) is 8.49. The average Bonchev–Trinajstić information content (AvgIpc) is 3.40. The fourth-order valence-corrected chi connectivity index (χ4v) is 27.2. The second-order valence-corrected chi connectivity index (χ2v) is 27.7. The predicted molar refractivity (Wildman–Crippen MR) is 137 cm³/mol. The molecule has 0 spiro atoms. The minimum atomic E-state index is -1.98. The molecule has 2 aromatic carbocycles. The monoisotopic (exact) mass is 514 g/mol. The molecule has 0 aromatic heterocycles. The molecule has 5 rings (SSSR count). The molecule has 0 N–H and O–H groups in total. The summed E-state index contributed by atoms with van der Waals surface area (Å²) in [5, 5.41) is 0. The molecule has 164 valence electrons. The molecule has 0 heterocycles. The Balaban J connectivity index is 1.78. The van der Waals surface area contributed by atoms with E-state index in [1.165, 1.54) is 24.8 Å². The van der Waals surface area contributed by atoms with Crippen LogP contribution in [-0.4, -0.2) is 5.43 Å². The fourth-order valence-electron chi connectivity index (χ4n) is 6.56. The summed E-state index contributed by atoms with van der Waals surface area (Å²) in [7, 11) is 0. The second kappa shape index (κ2) is 8.52. The first-order valence-corrected chi connectivity index (χ1v) is 21.1. The van der Waals surface area contributed by atoms with E-state index in [9.17, 15) is 0 Å². The zero-order valence-corrected chi connectivity index (χ0v) is 24.3. The third-order valence-corrected chi connectivity index (χ3v) is 27.5. The molecule has 0 saturated carbocycles. The standard InChI is InChI=1S/C19H17.C9H13.C2H6Si.Zr/c1-13-10-17-11-15-8-5-9-16(15)12-18(17)19(13)14-6-3-2-4-7-14;1-6-5-7(2)9(4)8(6)3;1-3-2;/h2-4,6-7,10-12H,5,8-9H2,1H3;6H,1-4H3;1-2H3;. The first kappa shape index (κ1) is 22.5. The molecule has 2 aromatic rings. The van der Waals surface area contributed by atoms with Gasteiger partial charge >= 0.3 is 204 Å². The number of fused-ring (bicyclic) bond motifs is 2.